The third kappa shape index (κ3) is 3.44. The highest BCUT2D eigenvalue weighted by molar-refractivity contribution is 5.64. The molecule has 1 aromatic rings. The number of hydrogen-bond donors (Lipinski definition) is 1. The van der Waals surface area contributed by atoms with Crippen molar-refractivity contribution < 1.29 is 0 Å². The lowest BCUT2D eigenvalue weighted by Crippen LogP contribution is -2.39. The molecule has 2 heteroatoms. The Morgan fingerprint density at radius 2 is 1.83 bits per heavy atom. The molecule has 1 aliphatic rings. The van der Waals surface area contributed by atoms with Crippen molar-refractivity contribution in [2.24, 2.45) is 5.73 Å². The smallest absolute Gasteiger partial charge is 0.0233 e. The number of benzene rings is 1. The fraction of sp³-hybridized carbons (Fsp3) is 0.500. The molecule has 0 spiro atoms. The Labute approximate surface area is 110 Å². The molecule has 0 radical (unpaired) electrons. The Morgan fingerprint density at radius 1 is 1.22 bits per heavy atom. The Hall–Kier alpha value is -1.12. The first-order chi connectivity index (χ1) is 8.66. The van der Waals surface area contributed by atoms with Crippen LogP contribution in [0.5, 0.6) is 0 Å². The minimum atomic E-state index is 0.423. The number of rotatable bonds is 4. The highest BCUT2D eigenvalue weighted by Crippen LogP contribution is 2.23. The number of likely N-dealkylation sites (N-methyl/N-ethyl adjacent to an activating group) is 1. The Kier molecular flexibility index (Phi) is 4.56. The van der Waals surface area contributed by atoms with Crippen LogP contribution in [0.15, 0.2) is 36.9 Å². The molecule has 18 heavy (non-hydrogen) atoms. The molecule has 1 fully saturated rings. The van der Waals surface area contributed by atoms with Crippen LogP contribution in [0.2, 0.25) is 0 Å². The third-order valence-corrected chi connectivity index (χ3v) is 3.99. The molecule has 2 N–H and O–H groups in total. The van der Waals surface area contributed by atoms with Crippen molar-refractivity contribution in [1.29, 1.82) is 0 Å². The van der Waals surface area contributed by atoms with Crippen LogP contribution in [0.4, 0.5) is 0 Å². The van der Waals surface area contributed by atoms with Gasteiger partial charge in [-0.25, -0.2) is 0 Å². The Bertz CT molecular complexity index is 377. The van der Waals surface area contributed by atoms with Gasteiger partial charge in [-0.3, -0.25) is 4.90 Å². The number of nitrogens with two attached hydrogens (primary N) is 1. The zero-order chi connectivity index (χ0) is 13.0. The summed E-state index contributed by atoms with van der Waals surface area (Å²) in [5.41, 5.74) is 8.40. The molecule has 0 saturated heterocycles. The van der Waals surface area contributed by atoms with Crippen LogP contribution in [0, 0.1) is 0 Å². The van der Waals surface area contributed by atoms with Gasteiger partial charge in [-0.1, -0.05) is 36.9 Å². The fourth-order valence-electron chi connectivity index (χ4n) is 2.74. The van der Waals surface area contributed by atoms with E-state index in [-0.39, 0.29) is 0 Å². The van der Waals surface area contributed by atoms with E-state index in [9.17, 15) is 0 Å². The maximum absolute atomic E-state index is 5.95. The molecule has 1 saturated carbocycles. The summed E-state index contributed by atoms with van der Waals surface area (Å²) < 4.78 is 0. The summed E-state index contributed by atoms with van der Waals surface area (Å²) in [6.45, 7) is 5.16. The molecule has 98 valence electrons. The predicted molar refractivity (Wildman–Crippen MR) is 78.3 cm³/mol. The fourth-order valence-corrected chi connectivity index (χ4v) is 2.74. The summed E-state index contributed by atoms with van der Waals surface area (Å²) in [5, 5.41) is 0. The van der Waals surface area contributed by atoms with Crippen molar-refractivity contribution in [1.82, 2.24) is 4.90 Å². The zero-order valence-corrected chi connectivity index (χ0v) is 11.3. The van der Waals surface area contributed by atoms with E-state index in [0.29, 0.717) is 12.1 Å². The van der Waals surface area contributed by atoms with E-state index in [1.54, 1.807) is 0 Å². The number of nitrogens with zero attached hydrogens (tertiary/aromatic N) is 1. The highest BCUT2D eigenvalue weighted by Gasteiger charge is 2.22. The molecule has 1 aliphatic carbocycles. The van der Waals surface area contributed by atoms with Crippen LogP contribution in [0.25, 0.3) is 5.57 Å². The van der Waals surface area contributed by atoms with Crippen LogP contribution in [0.3, 0.4) is 0 Å². The second-order valence-electron chi connectivity index (χ2n) is 5.45. The van der Waals surface area contributed by atoms with Gasteiger partial charge in [-0.05, 0) is 43.9 Å². The van der Waals surface area contributed by atoms with Crippen LogP contribution < -0.4 is 5.73 Å². The van der Waals surface area contributed by atoms with Crippen molar-refractivity contribution in [3.8, 4) is 0 Å². The summed E-state index contributed by atoms with van der Waals surface area (Å²) in [6.07, 6.45) is 4.76. The molecule has 0 unspecified atom stereocenters. The highest BCUT2D eigenvalue weighted by atomic mass is 15.1. The van der Waals surface area contributed by atoms with E-state index in [0.717, 1.165) is 19.4 Å². The quantitative estimate of drug-likeness (QED) is 0.882. The average molecular weight is 244 g/mol. The average Bonchev–Trinajstić information content (AvgIpc) is 2.40. The molecule has 0 atom stereocenters. The first-order valence-electron chi connectivity index (χ1n) is 6.86. The summed E-state index contributed by atoms with van der Waals surface area (Å²) in [4.78, 5) is 2.43. The van der Waals surface area contributed by atoms with E-state index in [1.165, 1.54) is 24.0 Å². The van der Waals surface area contributed by atoms with Gasteiger partial charge in [0.2, 0.25) is 0 Å². The molecule has 0 amide bonds. The summed E-state index contributed by atoms with van der Waals surface area (Å²) in [6, 6.07) is 11.5. The van der Waals surface area contributed by atoms with Gasteiger partial charge in [0.1, 0.15) is 0 Å². The molecular formula is C16H24N2. The van der Waals surface area contributed by atoms with E-state index < -0.39 is 0 Å². The van der Waals surface area contributed by atoms with E-state index in [2.05, 4.69) is 42.8 Å². The molecule has 0 heterocycles. The van der Waals surface area contributed by atoms with Crippen LogP contribution in [0.1, 0.15) is 31.2 Å². The second-order valence-corrected chi connectivity index (χ2v) is 5.45. The molecule has 0 aromatic heterocycles. The number of hydrogen-bond acceptors (Lipinski definition) is 2. The lowest BCUT2D eigenvalue weighted by Gasteiger charge is -2.33. The monoisotopic (exact) mass is 244 g/mol. The molecule has 0 bridgehead atoms. The predicted octanol–water partition coefficient (Wildman–Crippen LogP) is 2.90. The minimum Gasteiger partial charge on any atom is -0.328 e. The largest absolute Gasteiger partial charge is 0.328 e. The van der Waals surface area contributed by atoms with Crippen molar-refractivity contribution in [3.05, 3.63) is 42.5 Å². The van der Waals surface area contributed by atoms with Gasteiger partial charge in [0.15, 0.2) is 0 Å². The minimum absolute atomic E-state index is 0.423. The van der Waals surface area contributed by atoms with Crippen molar-refractivity contribution >= 4 is 5.57 Å². The topological polar surface area (TPSA) is 29.3 Å². The van der Waals surface area contributed by atoms with Gasteiger partial charge in [-0.15, -0.1) is 0 Å². The van der Waals surface area contributed by atoms with Crippen LogP contribution in [-0.2, 0) is 0 Å². The van der Waals surface area contributed by atoms with Gasteiger partial charge >= 0.3 is 0 Å². The van der Waals surface area contributed by atoms with Gasteiger partial charge in [0.25, 0.3) is 0 Å². The third-order valence-electron chi connectivity index (χ3n) is 3.99. The first kappa shape index (κ1) is 13.3. The van der Waals surface area contributed by atoms with Crippen molar-refractivity contribution in [2.45, 2.75) is 37.8 Å². The van der Waals surface area contributed by atoms with Crippen molar-refractivity contribution in [2.75, 3.05) is 13.6 Å². The maximum atomic E-state index is 5.95. The van der Waals surface area contributed by atoms with E-state index in [1.807, 2.05) is 6.07 Å². The SMILES string of the molecule is C=C(CN(C)C1CCC(N)CC1)c1ccccc1. The van der Waals surface area contributed by atoms with E-state index in [4.69, 9.17) is 5.73 Å². The van der Waals surface area contributed by atoms with Crippen LogP contribution >= 0.6 is 0 Å². The maximum Gasteiger partial charge on any atom is 0.0233 e. The molecule has 0 aliphatic heterocycles. The molecule has 1 aromatic carbocycles. The van der Waals surface area contributed by atoms with Gasteiger partial charge in [-0.2, -0.15) is 0 Å². The Morgan fingerprint density at radius 3 is 2.44 bits per heavy atom. The summed E-state index contributed by atoms with van der Waals surface area (Å²) >= 11 is 0. The second kappa shape index (κ2) is 6.17. The molecule has 2 nitrogen and oxygen atoms in total. The standard InChI is InChI=1S/C16H24N2/c1-13(14-6-4-3-5-7-14)12-18(2)16-10-8-15(17)9-11-16/h3-7,15-16H,1,8-12,17H2,2H3. The summed E-state index contributed by atoms with van der Waals surface area (Å²) in [5.74, 6) is 0. The lowest BCUT2D eigenvalue weighted by molar-refractivity contribution is 0.202. The van der Waals surface area contributed by atoms with Crippen molar-refractivity contribution in [3.63, 3.8) is 0 Å². The lowest BCUT2D eigenvalue weighted by atomic mass is 9.90. The van der Waals surface area contributed by atoms with E-state index >= 15 is 0 Å². The molecular weight excluding hydrogens is 220 g/mol. The first-order valence-corrected chi connectivity index (χ1v) is 6.86. The molecule has 2 rings (SSSR count). The zero-order valence-electron chi connectivity index (χ0n) is 11.3. The normalized spacial score (nSPS) is 24.2. The van der Waals surface area contributed by atoms with Gasteiger partial charge in [0.05, 0.1) is 0 Å². The Balaban J connectivity index is 1.87. The van der Waals surface area contributed by atoms with Gasteiger partial charge < -0.3 is 5.73 Å². The summed E-state index contributed by atoms with van der Waals surface area (Å²) in [7, 11) is 2.20. The van der Waals surface area contributed by atoms with Gasteiger partial charge in [0, 0.05) is 18.6 Å². The van der Waals surface area contributed by atoms with Crippen LogP contribution in [-0.4, -0.2) is 30.6 Å².